The molecule has 7 nitrogen and oxygen atoms in total. The van der Waals surface area contributed by atoms with Crippen LogP contribution in [0.3, 0.4) is 0 Å². The number of nitrogens with one attached hydrogen (secondary N) is 1. The van der Waals surface area contributed by atoms with Crippen LogP contribution in [-0.4, -0.2) is 32.0 Å². The zero-order valence-corrected chi connectivity index (χ0v) is 18.2. The Hall–Kier alpha value is -3.52. The summed E-state index contributed by atoms with van der Waals surface area (Å²) in [6.45, 7) is 5.13. The maximum Gasteiger partial charge on any atom is 0.274 e. The van der Waals surface area contributed by atoms with Gasteiger partial charge in [-0.3, -0.25) is 15.1 Å². The summed E-state index contributed by atoms with van der Waals surface area (Å²) in [4.78, 5) is 25.7. The molecule has 0 aromatic carbocycles. The van der Waals surface area contributed by atoms with Crippen molar-refractivity contribution in [2.75, 3.05) is 11.9 Å². The van der Waals surface area contributed by atoms with Crippen LogP contribution in [0.25, 0.3) is 0 Å². The lowest BCUT2D eigenvalue weighted by Gasteiger charge is -2.22. The van der Waals surface area contributed by atoms with Crippen LogP contribution in [0, 0.1) is 0 Å². The van der Waals surface area contributed by atoms with Crippen LogP contribution in [0.1, 0.15) is 35.6 Å². The fourth-order valence-electron chi connectivity index (χ4n) is 3.01. The van der Waals surface area contributed by atoms with Crippen molar-refractivity contribution in [2.45, 2.75) is 25.8 Å². The number of amides is 1. The van der Waals surface area contributed by atoms with E-state index >= 15 is 0 Å². The Morgan fingerprint density at radius 2 is 1.97 bits per heavy atom. The lowest BCUT2D eigenvalue weighted by Crippen LogP contribution is -2.27. The number of hydrogen-bond acceptors (Lipinski definition) is 6. The topological polar surface area (TPSA) is 81.9 Å². The van der Waals surface area contributed by atoms with Gasteiger partial charge in [0.15, 0.2) is 5.13 Å². The molecule has 1 amide bonds. The summed E-state index contributed by atoms with van der Waals surface area (Å²) in [5, 5.41) is 5.43. The van der Waals surface area contributed by atoms with E-state index in [4.69, 9.17) is 4.74 Å². The predicted octanol–water partition coefficient (Wildman–Crippen LogP) is 4.39. The van der Waals surface area contributed by atoms with Crippen molar-refractivity contribution in [3.63, 3.8) is 0 Å². The maximum absolute atomic E-state index is 12.8. The third-order valence-corrected chi connectivity index (χ3v) is 5.56. The molecule has 4 heterocycles. The number of pyridine rings is 2. The van der Waals surface area contributed by atoms with Gasteiger partial charge in [0.05, 0.1) is 5.69 Å². The van der Waals surface area contributed by atoms with Gasteiger partial charge in [-0.05, 0) is 35.9 Å². The lowest BCUT2D eigenvalue weighted by atomic mass is 9.91. The summed E-state index contributed by atoms with van der Waals surface area (Å²) < 4.78 is 7.71. The van der Waals surface area contributed by atoms with E-state index in [-0.39, 0.29) is 11.3 Å². The number of aromatic nitrogens is 4. The molecule has 0 aliphatic rings. The third kappa shape index (κ3) is 5.16. The van der Waals surface area contributed by atoms with Crippen molar-refractivity contribution in [2.24, 2.45) is 0 Å². The molecule has 0 fully saturated rings. The average molecular weight is 434 g/mol. The summed E-state index contributed by atoms with van der Waals surface area (Å²) in [6, 6.07) is 13.1. The van der Waals surface area contributed by atoms with Crippen molar-refractivity contribution in [1.29, 1.82) is 0 Å². The minimum Gasteiger partial charge on any atom is -0.477 e. The minimum absolute atomic E-state index is 0.192. The third-order valence-electron chi connectivity index (χ3n) is 4.80. The smallest absolute Gasteiger partial charge is 0.274 e. The highest BCUT2D eigenvalue weighted by atomic mass is 32.1. The van der Waals surface area contributed by atoms with Gasteiger partial charge in [-0.1, -0.05) is 19.9 Å². The number of hydrogen-bond donors (Lipinski definition) is 1. The highest BCUT2D eigenvalue weighted by Crippen LogP contribution is 2.28. The monoisotopic (exact) mass is 433 g/mol. The van der Waals surface area contributed by atoms with E-state index in [1.165, 1.54) is 11.3 Å². The van der Waals surface area contributed by atoms with Crippen molar-refractivity contribution >= 4 is 22.4 Å². The van der Waals surface area contributed by atoms with Gasteiger partial charge >= 0.3 is 0 Å². The Morgan fingerprint density at radius 1 is 1.13 bits per heavy atom. The zero-order valence-electron chi connectivity index (χ0n) is 17.4. The largest absolute Gasteiger partial charge is 0.477 e. The molecule has 0 spiro atoms. The molecule has 4 rings (SSSR count). The van der Waals surface area contributed by atoms with Gasteiger partial charge in [-0.15, -0.1) is 11.3 Å². The molecular formula is C23H23N5O2S. The number of carbonyl (C=O) groups is 1. The van der Waals surface area contributed by atoms with E-state index < -0.39 is 0 Å². The zero-order chi connectivity index (χ0) is 21.7. The molecule has 0 radical (unpaired) electrons. The van der Waals surface area contributed by atoms with Gasteiger partial charge in [-0.2, -0.15) is 0 Å². The van der Waals surface area contributed by atoms with Gasteiger partial charge in [0.1, 0.15) is 12.3 Å². The first-order valence-electron chi connectivity index (χ1n) is 9.86. The second-order valence-electron chi connectivity index (χ2n) is 7.71. The molecule has 4 aromatic rings. The summed E-state index contributed by atoms with van der Waals surface area (Å²) in [6.07, 6.45) is 7.08. The van der Waals surface area contributed by atoms with E-state index in [1.807, 2.05) is 52.5 Å². The predicted molar refractivity (Wildman–Crippen MR) is 121 cm³/mol. The van der Waals surface area contributed by atoms with Crippen LogP contribution in [0.4, 0.5) is 5.13 Å². The van der Waals surface area contributed by atoms with E-state index in [0.29, 0.717) is 29.9 Å². The van der Waals surface area contributed by atoms with Crippen LogP contribution in [-0.2, 0) is 12.0 Å². The summed E-state index contributed by atoms with van der Waals surface area (Å²) in [5.74, 6) is 0.386. The van der Waals surface area contributed by atoms with Crippen molar-refractivity contribution < 1.29 is 9.53 Å². The number of thiazole rings is 1. The Bertz CT molecular complexity index is 1140. The van der Waals surface area contributed by atoms with Gasteiger partial charge in [0.25, 0.3) is 5.91 Å². The molecule has 0 unspecified atom stereocenters. The number of carbonyl (C=O) groups excluding carboxylic acids is 1. The average Bonchev–Trinajstić information content (AvgIpc) is 3.44. The molecule has 31 heavy (non-hydrogen) atoms. The quantitative estimate of drug-likeness (QED) is 0.446. The molecule has 0 saturated carbocycles. The molecule has 0 bridgehead atoms. The van der Waals surface area contributed by atoms with E-state index in [2.05, 4.69) is 34.1 Å². The van der Waals surface area contributed by atoms with Crippen LogP contribution in [0.2, 0.25) is 0 Å². The fraction of sp³-hybridized carbons (Fsp3) is 0.217. The molecule has 1 N–H and O–H groups in total. The van der Waals surface area contributed by atoms with Crippen LogP contribution in [0.5, 0.6) is 5.88 Å². The fourth-order valence-corrected chi connectivity index (χ4v) is 3.90. The first kappa shape index (κ1) is 20.7. The molecule has 158 valence electrons. The number of rotatable bonds is 8. The lowest BCUT2D eigenvalue weighted by molar-refractivity contribution is 0.101. The van der Waals surface area contributed by atoms with Crippen molar-refractivity contribution in [3.8, 4) is 5.88 Å². The van der Waals surface area contributed by atoms with E-state index in [9.17, 15) is 4.79 Å². The Morgan fingerprint density at radius 3 is 2.74 bits per heavy atom. The first-order chi connectivity index (χ1) is 15.0. The van der Waals surface area contributed by atoms with Crippen molar-refractivity contribution in [1.82, 2.24) is 19.5 Å². The van der Waals surface area contributed by atoms with Gasteiger partial charge in [0.2, 0.25) is 5.88 Å². The minimum atomic E-state index is -0.335. The Labute approximate surface area is 184 Å². The number of ether oxygens (including phenoxy) is 1. The van der Waals surface area contributed by atoms with E-state index in [0.717, 1.165) is 11.3 Å². The van der Waals surface area contributed by atoms with Gasteiger partial charge in [-0.25, -0.2) is 9.97 Å². The normalized spacial score (nSPS) is 11.3. The molecule has 0 saturated heterocycles. The summed E-state index contributed by atoms with van der Waals surface area (Å²) >= 11 is 1.40. The maximum atomic E-state index is 12.8. The number of nitrogens with zero attached hydrogens (tertiary/aromatic N) is 4. The van der Waals surface area contributed by atoms with Gasteiger partial charge in [0, 0.05) is 48.2 Å². The molecule has 0 aliphatic heterocycles. The number of anilines is 1. The highest BCUT2D eigenvalue weighted by molar-refractivity contribution is 7.14. The molecule has 0 atom stereocenters. The molecular weight excluding hydrogens is 410 g/mol. The second kappa shape index (κ2) is 9.09. The molecule has 4 aromatic heterocycles. The standard InChI is InChI=1S/C23H23N5O2S/c1-23(2,16-30-20-7-3-4-10-25-20)19-15-31-22(26-19)27-21(29)18-6-5-13-28(18)14-17-8-11-24-12-9-17/h3-13,15H,14,16H2,1-2H3,(H,26,27,29). The van der Waals surface area contributed by atoms with Crippen LogP contribution in [0.15, 0.2) is 72.6 Å². The Balaban J connectivity index is 1.41. The molecule has 0 aliphatic carbocycles. The summed E-state index contributed by atoms with van der Waals surface area (Å²) in [5.41, 5.74) is 2.17. The van der Waals surface area contributed by atoms with Crippen LogP contribution < -0.4 is 10.1 Å². The second-order valence-corrected chi connectivity index (χ2v) is 8.57. The first-order valence-corrected chi connectivity index (χ1v) is 10.7. The van der Waals surface area contributed by atoms with Crippen molar-refractivity contribution in [3.05, 3.63) is 89.6 Å². The van der Waals surface area contributed by atoms with E-state index in [1.54, 1.807) is 24.7 Å². The molecule has 8 heteroatoms. The SMILES string of the molecule is CC(C)(COc1ccccn1)c1csc(NC(=O)c2cccn2Cc2ccncc2)n1. The van der Waals surface area contributed by atoms with Crippen LogP contribution >= 0.6 is 11.3 Å². The highest BCUT2D eigenvalue weighted by Gasteiger charge is 2.26. The van der Waals surface area contributed by atoms with Gasteiger partial charge < -0.3 is 9.30 Å². The summed E-state index contributed by atoms with van der Waals surface area (Å²) in [7, 11) is 0. The Kier molecular flexibility index (Phi) is 6.08.